The summed E-state index contributed by atoms with van der Waals surface area (Å²) < 4.78 is 10.4. The summed E-state index contributed by atoms with van der Waals surface area (Å²) in [5.41, 5.74) is 0. The van der Waals surface area contributed by atoms with Crippen LogP contribution in [-0.4, -0.2) is 33.4 Å². The Morgan fingerprint density at radius 2 is 2.00 bits per heavy atom. The number of carbonyl (C=O) groups is 1. The first-order valence-corrected chi connectivity index (χ1v) is 4.96. The van der Waals surface area contributed by atoms with Gasteiger partial charge in [-0.15, -0.1) is 0 Å². The standard InChI is InChI=1S/C5H12NO4P/c1-3-6(5(2)7)4-11(8,9)10/h3-4H2,1-2H3,(H2,8,9,10). The Hall–Kier alpha value is -0.380. The molecule has 0 heterocycles. The normalized spacial score (nSPS) is 11.3. The van der Waals surface area contributed by atoms with Gasteiger partial charge in [0.2, 0.25) is 5.91 Å². The van der Waals surface area contributed by atoms with Gasteiger partial charge < -0.3 is 14.7 Å². The predicted octanol–water partition coefficient (Wildman–Crippen LogP) is -0.0100. The molecule has 0 rings (SSSR count). The highest BCUT2D eigenvalue weighted by Crippen LogP contribution is 2.34. The van der Waals surface area contributed by atoms with E-state index in [4.69, 9.17) is 9.79 Å². The Labute approximate surface area is 65.2 Å². The van der Waals surface area contributed by atoms with Crippen molar-refractivity contribution in [3.05, 3.63) is 0 Å². The molecular weight excluding hydrogens is 169 g/mol. The number of rotatable bonds is 3. The van der Waals surface area contributed by atoms with Gasteiger partial charge >= 0.3 is 7.60 Å². The SMILES string of the molecule is CCN(CP(=O)(O)O)C(C)=O. The van der Waals surface area contributed by atoms with Crippen molar-refractivity contribution >= 4 is 13.5 Å². The smallest absolute Gasteiger partial charge is 0.331 e. The van der Waals surface area contributed by atoms with Crippen molar-refractivity contribution < 1.29 is 19.1 Å². The van der Waals surface area contributed by atoms with Crippen molar-refractivity contribution in [2.24, 2.45) is 0 Å². The molecule has 0 fully saturated rings. The van der Waals surface area contributed by atoms with Crippen LogP contribution < -0.4 is 0 Å². The highest BCUT2D eigenvalue weighted by Gasteiger charge is 2.19. The second-order valence-corrected chi connectivity index (χ2v) is 3.79. The van der Waals surface area contributed by atoms with Crippen LogP contribution in [0.3, 0.4) is 0 Å². The fourth-order valence-corrected chi connectivity index (χ4v) is 1.49. The summed E-state index contributed by atoms with van der Waals surface area (Å²) in [6.45, 7) is 3.26. The van der Waals surface area contributed by atoms with Gasteiger partial charge in [0, 0.05) is 13.5 Å². The third-order valence-electron chi connectivity index (χ3n) is 1.18. The average molecular weight is 181 g/mol. The fourth-order valence-electron chi connectivity index (χ4n) is 0.645. The summed E-state index contributed by atoms with van der Waals surface area (Å²) in [5.74, 6) is -0.323. The van der Waals surface area contributed by atoms with E-state index < -0.39 is 13.9 Å². The van der Waals surface area contributed by atoms with Crippen molar-refractivity contribution in [3.63, 3.8) is 0 Å². The molecule has 0 aliphatic heterocycles. The van der Waals surface area contributed by atoms with Crippen LogP contribution in [0.5, 0.6) is 0 Å². The molecular formula is C5H12NO4P. The second kappa shape index (κ2) is 3.85. The first kappa shape index (κ1) is 10.6. The molecule has 0 atom stereocenters. The van der Waals surface area contributed by atoms with Crippen molar-refractivity contribution in [1.29, 1.82) is 0 Å². The molecule has 0 saturated carbocycles. The van der Waals surface area contributed by atoms with Crippen LogP contribution in [0.15, 0.2) is 0 Å². The van der Waals surface area contributed by atoms with Crippen molar-refractivity contribution in [3.8, 4) is 0 Å². The summed E-state index contributed by atoms with van der Waals surface area (Å²) in [4.78, 5) is 28.7. The van der Waals surface area contributed by atoms with E-state index in [1.807, 2.05) is 0 Å². The monoisotopic (exact) mass is 181 g/mol. The fraction of sp³-hybridized carbons (Fsp3) is 0.800. The summed E-state index contributed by atoms with van der Waals surface area (Å²) in [7, 11) is -4.09. The molecule has 0 bridgehead atoms. The van der Waals surface area contributed by atoms with E-state index in [1.165, 1.54) is 6.92 Å². The summed E-state index contributed by atoms with van der Waals surface area (Å²) >= 11 is 0. The maximum Gasteiger partial charge on any atom is 0.344 e. The molecule has 6 heteroatoms. The maximum absolute atomic E-state index is 10.6. The number of hydrogen-bond donors (Lipinski definition) is 2. The van der Waals surface area contributed by atoms with E-state index in [0.717, 1.165) is 4.90 Å². The number of amides is 1. The Morgan fingerprint density at radius 1 is 1.55 bits per heavy atom. The van der Waals surface area contributed by atoms with Crippen molar-refractivity contribution in [2.75, 3.05) is 12.8 Å². The number of nitrogens with zero attached hydrogens (tertiary/aromatic N) is 1. The van der Waals surface area contributed by atoms with Crippen LogP contribution >= 0.6 is 7.60 Å². The summed E-state index contributed by atoms with van der Waals surface area (Å²) in [5, 5.41) is 0. The van der Waals surface area contributed by atoms with E-state index in [0.29, 0.717) is 6.54 Å². The summed E-state index contributed by atoms with van der Waals surface area (Å²) in [6.07, 6.45) is -0.487. The molecule has 0 aromatic rings. The van der Waals surface area contributed by atoms with E-state index in [1.54, 1.807) is 6.92 Å². The third-order valence-corrected chi connectivity index (χ3v) is 1.89. The Morgan fingerprint density at radius 3 is 2.09 bits per heavy atom. The molecule has 0 aromatic heterocycles. The zero-order valence-electron chi connectivity index (χ0n) is 6.52. The predicted molar refractivity (Wildman–Crippen MR) is 40.0 cm³/mol. The van der Waals surface area contributed by atoms with Crippen LogP contribution in [0.4, 0.5) is 0 Å². The first-order valence-electron chi connectivity index (χ1n) is 3.17. The third kappa shape index (κ3) is 4.95. The lowest BCUT2D eigenvalue weighted by Gasteiger charge is -2.18. The van der Waals surface area contributed by atoms with Gasteiger partial charge in [-0.25, -0.2) is 0 Å². The van der Waals surface area contributed by atoms with Gasteiger partial charge in [-0.2, -0.15) is 0 Å². The van der Waals surface area contributed by atoms with Crippen molar-refractivity contribution in [1.82, 2.24) is 4.90 Å². The zero-order chi connectivity index (χ0) is 9.07. The minimum atomic E-state index is -4.09. The minimum Gasteiger partial charge on any atom is -0.331 e. The molecule has 2 N–H and O–H groups in total. The first-order chi connectivity index (χ1) is 4.87. The molecule has 0 saturated heterocycles. The Balaban J connectivity index is 4.10. The molecule has 0 unspecified atom stereocenters. The zero-order valence-corrected chi connectivity index (χ0v) is 7.41. The Kier molecular flexibility index (Phi) is 3.72. The molecule has 0 aromatic carbocycles. The lowest BCUT2D eigenvalue weighted by Crippen LogP contribution is -2.29. The van der Waals surface area contributed by atoms with Crippen LogP contribution in [-0.2, 0) is 9.36 Å². The van der Waals surface area contributed by atoms with Gasteiger partial charge in [0.05, 0.1) is 0 Å². The average Bonchev–Trinajstić information content (AvgIpc) is 1.80. The highest BCUT2D eigenvalue weighted by atomic mass is 31.2. The largest absolute Gasteiger partial charge is 0.344 e. The van der Waals surface area contributed by atoms with Crippen LogP contribution in [0.2, 0.25) is 0 Å². The second-order valence-electron chi connectivity index (χ2n) is 2.18. The van der Waals surface area contributed by atoms with E-state index in [-0.39, 0.29) is 5.91 Å². The molecule has 0 spiro atoms. The number of hydrogen-bond acceptors (Lipinski definition) is 2. The van der Waals surface area contributed by atoms with E-state index in [2.05, 4.69) is 0 Å². The van der Waals surface area contributed by atoms with Gasteiger partial charge in [0.1, 0.15) is 6.29 Å². The molecule has 11 heavy (non-hydrogen) atoms. The molecule has 0 radical (unpaired) electrons. The van der Waals surface area contributed by atoms with E-state index in [9.17, 15) is 9.36 Å². The van der Waals surface area contributed by atoms with Gasteiger partial charge in [0.25, 0.3) is 0 Å². The lowest BCUT2D eigenvalue weighted by molar-refractivity contribution is -0.128. The molecule has 66 valence electrons. The lowest BCUT2D eigenvalue weighted by atomic mass is 10.6. The van der Waals surface area contributed by atoms with Gasteiger partial charge in [0.15, 0.2) is 0 Å². The summed E-state index contributed by atoms with van der Waals surface area (Å²) in [6, 6.07) is 0. The minimum absolute atomic E-state index is 0.320. The maximum atomic E-state index is 10.6. The topological polar surface area (TPSA) is 77.8 Å². The molecule has 1 amide bonds. The Bertz CT molecular complexity index is 187. The van der Waals surface area contributed by atoms with Gasteiger partial charge in [-0.1, -0.05) is 0 Å². The molecule has 0 aliphatic carbocycles. The van der Waals surface area contributed by atoms with Crippen LogP contribution in [0, 0.1) is 0 Å². The van der Waals surface area contributed by atoms with Gasteiger partial charge in [-0.3, -0.25) is 9.36 Å². The molecule has 0 aliphatic rings. The van der Waals surface area contributed by atoms with Crippen LogP contribution in [0.25, 0.3) is 0 Å². The van der Waals surface area contributed by atoms with E-state index >= 15 is 0 Å². The molecule has 5 nitrogen and oxygen atoms in total. The van der Waals surface area contributed by atoms with Crippen LogP contribution in [0.1, 0.15) is 13.8 Å². The van der Waals surface area contributed by atoms with Gasteiger partial charge in [-0.05, 0) is 6.92 Å². The highest BCUT2D eigenvalue weighted by molar-refractivity contribution is 7.51. The van der Waals surface area contributed by atoms with Crippen molar-refractivity contribution in [2.45, 2.75) is 13.8 Å². The number of carbonyl (C=O) groups excluding carboxylic acids is 1. The quantitative estimate of drug-likeness (QED) is 0.600.